The Morgan fingerprint density at radius 3 is 2.72 bits per heavy atom. The third-order valence-electron chi connectivity index (χ3n) is 3.63. The molecule has 2 rings (SSSR count). The van der Waals surface area contributed by atoms with Crippen molar-refractivity contribution in [2.24, 2.45) is 11.7 Å². The summed E-state index contributed by atoms with van der Waals surface area (Å²) in [6.45, 7) is 2.09. The molecule has 1 aliphatic carbocycles. The van der Waals surface area contributed by atoms with Gasteiger partial charge in [-0.25, -0.2) is 8.42 Å². The summed E-state index contributed by atoms with van der Waals surface area (Å²) in [5, 5.41) is -0.449. The second-order valence-corrected chi connectivity index (χ2v) is 8.21. The molecule has 2 N–H and O–H groups in total. The Bertz CT molecular complexity index is 530. The van der Waals surface area contributed by atoms with E-state index in [1.54, 1.807) is 18.2 Å². The molecule has 0 aliphatic heterocycles. The number of halogens is 1. The molecule has 1 aromatic carbocycles. The molecule has 1 aliphatic rings. The van der Waals surface area contributed by atoms with Crippen LogP contribution in [0.25, 0.3) is 0 Å². The molecule has 18 heavy (non-hydrogen) atoms. The van der Waals surface area contributed by atoms with Gasteiger partial charge in [0, 0.05) is 10.5 Å². The van der Waals surface area contributed by atoms with Crippen LogP contribution < -0.4 is 5.73 Å². The van der Waals surface area contributed by atoms with E-state index in [0.717, 1.165) is 17.3 Å². The van der Waals surface area contributed by atoms with Gasteiger partial charge in [-0.05, 0) is 43.4 Å². The van der Waals surface area contributed by atoms with Crippen molar-refractivity contribution >= 4 is 25.8 Å². The van der Waals surface area contributed by atoms with E-state index in [4.69, 9.17) is 5.73 Å². The van der Waals surface area contributed by atoms with E-state index in [0.29, 0.717) is 17.2 Å². The van der Waals surface area contributed by atoms with Crippen LogP contribution in [-0.2, 0) is 9.84 Å². The minimum Gasteiger partial charge on any atom is -0.327 e. The second kappa shape index (κ2) is 5.31. The largest absolute Gasteiger partial charge is 0.327 e. The standard InChI is InChI=1S/C13H18BrNO2S/c1-9-5-6-12(15)13(7-9)18(16,17)11-4-2-3-10(14)8-11/h2-4,8-9,12-13H,5-7,15H2,1H3. The molecule has 0 saturated heterocycles. The molecule has 0 radical (unpaired) electrons. The van der Waals surface area contributed by atoms with E-state index in [1.165, 1.54) is 0 Å². The molecule has 3 nitrogen and oxygen atoms in total. The van der Waals surface area contributed by atoms with Gasteiger partial charge in [0.05, 0.1) is 10.1 Å². The maximum atomic E-state index is 12.6. The summed E-state index contributed by atoms with van der Waals surface area (Å²) in [5.74, 6) is 0.428. The van der Waals surface area contributed by atoms with Crippen molar-refractivity contribution in [1.29, 1.82) is 0 Å². The smallest absolute Gasteiger partial charge is 0.182 e. The lowest BCUT2D eigenvalue weighted by Gasteiger charge is -2.32. The summed E-state index contributed by atoms with van der Waals surface area (Å²) >= 11 is 3.31. The Hall–Kier alpha value is -0.390. The van der Waals surface area contributed by atoms with Gasteiger partial charge in [0.2, 0.25) is 0 Å². The molecule has 0 amide bonds. The number of hydrogen-bond acceptors (Lipinski definition) is 3. The summed E-state index contributed by atoms with van der Waals surface area (Å²) in [6, 6.07) is 6.62. The molecule has 3 atom stereocenters. The molecule has 1 saturated carbocycles. The maximum Gasteiger partial charge on any atom is 0.182 e. The molecule has 1 fully saturated rings. The molecule has 0 bridgehead atoms. The summed E-state index contributed by atoms with van der Waals surface area (Å²) in [4.78, 5) is 0.367. The molecule has 0 heterocycles. The van der Waals surface area contributed by atoms with Crippen molar-refractivity contribution in [3.05, 3.63) is 28.7 Å². The minimum absolute atomic E-state index is 0.245. The summed E-state index contributed by atoms with van der Waals surface area (Å²) in [5.41, 5.74) is 6.01. The molecule has 0 aromatic heterocycles. The number of hydrogen-bond donors (Lipinski definition) is 1. The lowest BCUT2D eigenvalue weighted by atomic mass is 9.87. The first-order valence-corrected chi connectivity index (χ1v) is 8.50. The van der Waals surface area contributed by atoms with Crippen LogP contribution in [0.4, 0.5) is 0 Å². The Balaban J connectivity index is 2.35. The SMILES string of the molecule is CC1CCC(N)C(S(=O)(=O)c2cccc(Br)c2)C1. The van der Waals surface area contributed by atoms with E-state index in [-0.39, 0.29) is 6.04 Å². The van der Waals surface area contributed by atoms with Crippen LogP contribution in [0.2, 0.25) is 0 Å². The lowest BCUT2D eigenvalue weighted by Crippen LogP contribution is -2.44. The molecular weight excluding hydrogens is 314 g/mol. The van der Waals surface area contributed by atoms with Gasteiger partial charge in [-0.3, -0.25) is 0 Å². The number of nitrogens with two attached hydrogens (primary N) is 1. The van der Waals surface area contributed by atoms with Crippen LogP contribution in [-0.4, -0.2) is 19.7 Å². The van der Waals surface area contributed by atoms with Crippen LogP contribution in [0.3, 0.4) is 0 Å². The third kappa shape index (κ3) is 2.78. The minimum atomic E-state index is -3.32. The van der Waals surface area contributed by atoms with E-state index in [1.807, 2.05) is 6.07 Å². The molecule has 1 aromatic rings. The van der Waals surface area contributed by atoms with Gasteiger partial charge in [-0.2, -0.15) is 0 Å². The van der Waals surface area contributed by atoms with Crippen molar-refractivity contribution in [2.75, 3.05) is 0 Å². The monoisotopic (exact) mass is 331 g/mol. The quantitative estimate of drug-likeness (QED) is 0.906. The third-order valence-corrected chi connectivity index (χ3v) is 6.37. The van der Waals surface area contributed by atoms with E-state index < -0.39 is 15.1 Å². The zero-order chi connectivity index (χ0) is 13.3. The highest BCUT2D eigenvalue weighted by Gasteiger charge is 2.36. The van der Waals surface area contributed by atoms with Gasteiger partial charge in [-0.15, -0.1) is 0 Å². The van der Waals surface area contributed by atoms with Crippen molar-refractivity contribution in [3.8, 4) is 0 Å². The van der Waals surface area contributed by atoms with Gasteiger partial charge >= 0.3 is 0 Å². The van der Waals surface area contributed by atoms with Gasteiger partial charge in [-0.1, -0.05) is 28.9 Å². The molecule has 100 valence electrons. The summed E-state index contributed by atoms with van der Waals surface area (Å²) in [6.07, 6.45) is 2.47. The highest BCUT2D eigenvalue weighted by Crippen LogP contribution is 2.32. The van der Waals surface area contributed by atoms with Crippen molar-refractivity contribution in [3.63, 3.8) is 0 Å². The second-order valence-electron chi connectivity index (χ2n) is 5.12. The van der Waals surface area contributed by atoms with Crippen LogP contribution in [0.5, 0.6) is 0 Å². The zero-order valence-electron chi connectivity index (χ0n) is 10.3. The van der Waals surface area contributed by atoms with Crippen molar-refractivity contribution in [2.45, 2.75) is 42.4 Å². The Kier molecular flexibility index (Phi) is 4.14. The fraction of sp³-hybridized carbons (Fsp3) is 0.538. The van der Waals surface area contributed by atoms with Gasteiger partial charge in [0.1, 0.15) is 0 Å². The van der Waals surface area contributed by atoms with Gasteiger partial charge in [0.25, 0.3) is 0 Å². The van der Waals surface area contributed by atoms with Gasteiger partial charge < -0.3 is 5.73 Å². The Morgan fingerprint density at radius 2 is 2.06 bits per heavy atom. The normalized spacial score (nSPS) is 29.2. The first-order chi connectivity index (χ1) is 8.41. The number of benzene rings is 1. The topological polar surface area (TPSA) is 60.2 Å². The van der Waals surface area contributed by atoms with Crippen LogP contribution in [0, 0.1) is 5.92 Å². The van der Waals surface area contributed by atoms with E-state index in [9.17, 15) is 8.42 Å². The first kappa shape index (κ1) is 14.0. The summed E-state index contributed by atoms with van der Waals surface area (Å²) < 4.78 is 26.0. The molecule has 5 heteroatoms. The van der Waals surface area contributed by atoms with Crippen LogP contribution in [0.15, 0.2) is 33.6 Å². The van der Waals surface area contributed by atoms with Crippen LogP contribution >= 0.6 is 15.9 Å². The van der Waals surface area contributed by atoms with E-state index in [2.05, 4.69) is 22.9 Å². The van der Waals surface area contributed by atoms with E-state index >= 15 is 0 Å². The lowest BCUT2D eigenvalue weighted by molar-refractivity contribution is 0.346. The molecule has 3 unspecified atom stereocenters. The number of rotatable bonds is 2. The van der Waals surface area contributed by atoms with Crippen LogP contribution in [0.1, 0.15) is 26.2 Å². The fourth-order valence-corrected chi connectivity index (χ4v) is 5.17. The predicted octanol–water partition coefficient (Wildman–Crippen LogP) is 2.74. The maximum absolute atomic E-state index is 12.6. The average Bonchev–Trinajstić information content (AvgIpc) is 2.32. The Labute approximate surface area is 117 Å². The predicted molar refractivity (Wildman–Crippen MR) is 76.1 cm³/mol. The molecule has 0 spiro atoms. The van der Waals surface area contributed by atoms with Crippen molar-refractivity contribution < 1.29 is 8.42 Å². The van der Waals surface area contributed by atoms with Gasteiger partial charge in [0.15, 0.2) is 9.84 Å². The highest BCUT2D eigenvalue weighted by molar-refractivity contribution is 9.10. The number of sulfone groups is 1. The fourth-order valence-electron chi connectivity index (χ4n) is 2.53. The molecular formula is C13H18BrNO2S. The first-order valence-electron chi connectivity index (χ1n) is 6.16. The summed E-state index contributed by atoms with van der Waals surface area (Å²) in [7, 11) is -3.32. The highest BCUT2D eigenvalue weighted by atomic mass is 79.9. The van der Waals surface area contributed by atoms with Crippen molar-refractivity contribution in [1.82, 2.24) is 0 Å². The zero-order valence-corrected chi connectivity index (χ0v) is 12.7. The Morgan fingerprint density at radius 1 is 1.33 bits per heavy atom. The average molecular weight is 332 g/mol.